The molecule has 0 saturated heterocycles. The minimum absolute atomic E-state index is 0.214. The molecule has 0 aliphatic heterocycles. The third-order valence-electron chi connectivity index (χ3n) is 8.85. The summed E-state index contributed by atoms with van der Waals surface area (Å²) in [6, 6.07) is 46.3. The van der Waals surface area contributed by atoms with Gasteiger partial charge in [0.1, 0.15) is 0 Å². The molecular formula is C45H41N. The minimum atomic E-state index is 0.214. The van der Waals surface area contributed by atoms with E-state index >= 15 is 0 Å². The van der Waals surface area contributed by atoms with Crippen molar-refractivity contribution in [2.75, 3.05) is 4.90 Å². The van der Waals surface area contributed by atoms with Crippen molar-refractivity contribution in [3.63, 3.8) is 0 Å². The molecule has 0 aromatic heterocycles. The third kappa shape index (κ3) is 7.14. The van der Waals surface area contributed by atoms with E-state index in [9.17, 15) is 0 Å². The molecule has 0 radical (unpaired) electrons. The van der Waals surface area contributed by atoms with Crippen LogP contribution in [0, 0.1) is 18.8 Å². The van der Waals surface area contributed by atoms with Crippen molar-refractivity contribution in [3.05, 3.63) is 180 Å². The number of aryl methyl sites for hydroxylation is 1. The molecule has 6 rings (SSSR count). The standard InChI is InChI=1S/C45H41N/c1-4-37(38-28-30-43(31-29-38)46(41-19-10-6-11-20-41)42-21-12-7-13-22-42)26-24-34(2)39-27-25-35(3)45(33-39)44-23-15-14-18-40(44)32-36-16-8-5-9-17-36/h5-6,8-12,14-21,23-31,33,42H,4,22,32H2,1-3H3/b34-24+,37-26+. The van der Waals surface area contributed by atoms with Gasteiger partial charge in [0.25, 0.3) is 0 Å². The fourth-order valence-corrected chi connectivity index (χ4v) is 6.23. The van der Waals surface area contributed by atoms with Crippen molar-refractivity contribution in [1.29, 1.82) is 0 Å². The molecule has 1 unspecified atom stereocenters. The largest absolute Gasteiger partial charge is 0.334 e. The molecular weight excluding hydrogens is 555 g/mol. The lowest BCUT2D eigenvalue weighted by Gasteiger charge is -2.32. The minimum Gasteiger partial charge on any atom is -0.334 e. The summed E-state index contributed by atoms with van der Waals surface area (Å²) >= 11 is 0. The first-order valence-electron chi connectivity index (χ1n) is 16.3. The topological polar surface area (TPSA) is 3.24 Å². The van der Waals surface area contributed by atoms with Gasteiger partial charge in [-0.25, -0.2) is 0 Å². The summed E-state index contributed by atoms with van der Waals surface area (Å²) in [4.78, 5) is 2.39. The van der Waals surface area contributed by atoms with Crippen molar-refractivity contribution in [2.45, 2.75) is 46.1 Å². The Kier molecular flexibility index (Phi) is 9.77. The third-order valence-corrected chi connectivity index (χ3v) is 8.85. The van der Waals surface area contributed by atoms with Gasteiger partial charge in [-0.2, -0.15) is 0 Å². The molecule has 0 amide bonds. The summed E-state index contributed by atoms with van der Waals surface area (Å²) in [6.07, 6.45) is 11.5. The summed E-state index contributed by atoms with van der Waals surface area (Å²) < 4.78 is 0. The van der Waals surface area contributed by atoms with Crippen LogP contribution in [-0.2, 0) is 6.42 Å². The highest BCUT2D eigenvalue weighted by Crippen LogP contribution is 2.33. The molecule has 1 aliphatic carbocycles. The zero-order valence-electron chi connectivity index (χ0n) is 27.1. The maximum atomic E-state index is 3.27. The van der Waals surface area contributed by atoms with Gasteiger partial charge < -0.3 is 4.90 Å². The molecule has 1 atom stereocenters. The zero-order valence-corrected chi connectivity index (χ0v) is 27.1. The lowest BCUT2D eigenvalue weighted by Crippen LogP contribution is -2.29. The molecule has 0 spiro atoms. The Morgan fingerprint density at radius 2 is 1.41 bits per heavy atom. The Balaban J connectivity index is 1.26. The van der Waals surface area contributed by atoms with Crippen LogP contribution >= 0.6 is 0 Å². The number of nitrogens with zero attached hydrogens (tertiary/aromatic N) is 1. The first kappa shape index (κ1) is 30.7. The lowest BCUT2D eigenvalue weighted by molar-refractivity contribution is 0.801. The van der Waals surface area contributed by atoms with E-state index in [-0.39, 0.29) is 6.04 Å². The number of rotatable bonds is 10. The van der Waals surface area contributed by atoms with E-state index in [1.54, 1.807) is 0 Å². The van der Waals surface area contributed by atoms with E-state index in [0.717, 1.165) is 19.3 Å². The first-order valence-corrected chi connectivity index (χ1v) is 16.3. The van der Waals surface area contributed by atoms with Crippen molar-refractivity contribution in [2.24, 2.45) is 0 Å². The maximum Gasteiger partial charge on any atom is 0.0640 e. The Hall–Kier alpha value is -5.32. The van der Waals surface area contributed by atoms with Crippen LogP contribution in [0.3, 0.4) is 0 Å². The Morgan fingerprint density at radius 3 is 2.13 bits per heavy atom. The number of allylic oxidation sites excluding steroid dienone is 5. The molecule has 0 N–H and O–H groups in total. The number of hydrogen-bond donors (Lipinski definition) is 0. The van der Waals surface area contributed by atoms with Crippen LogP contribution in [0.2, 0.25) is 0 Å². The molecule has 1 heteroatoms. The fourth-order valence-electron chi connectivity index (χ4n) is 6.23. The average Bonchev–Trinajstić information content (AvgIpc) is 3.11. The molecule has 0 heterocycles. The van der Waals surface area contributed by atoms with Crippen LogP contribution in [0.15, 0.2) is 152 Å². The quantitative estimate of drug-likeness (QED) is 0.115. The summed E-state index contributed by atoms with van der Waals surface area (Å²) in [6.45, 7) is 6.67. The highest BCUT2D eigenvalue weighted by atomic mass is 15.2. The summed E-state index contributed by atoms with van der Waals surface area (Å²) in [7, 11) is 0. The van der Waals surface area contributed by atoms with Gasteiger partial charge in [0.2, 0.25) is 0 Å². The van der Waals surface area contributed by atoms with Gasteiger partial charge in [-0.3, -0.25) is 0 Å². The van der Waals surface area contributed by atoms with Crippen molar-refractivity contribution in [3.8, 4) is 23.0 Å². The van der Waals surface area contributed by atoms with E-state index in [0.29, 0.717) is 0 Å². The number of para-hydroxylation sites is 1. The maximum absolute atomic E-state index is 3.27. The molecule has 1 aliphatic rings. The van der Waals surface area contributed by atoms with Gasteiger partial charge in [0.15, 0.2) is 0 Å². The number of hydrogen-bond acceptors (Lipinski definition) is 1. The zero-order chi connectivity index (χ0) is 31.7. The molecule has 5 aromatic rings. The molecule has 0 saturated carbocycles. The SMILES string of the molecule is CC/C(=C\C=C(/C)c1ccc(C)c(-c2ccccc2Cc2ccccc2)c1)c1ccc(N(c2ccccc2)C2C=CC#CC2)cc1. The summed E-state index contributed by atoms with van der Waals surface area (Å²) in [5.74, 6) is 6.36. The molecule has 226 valence electrons. The van der Waals surface area contributed by atoms with Crippen LogP contribution in [0.4, 0.5) is 11.4 Å². The molecule has 1 nitrogen and oxygen atoms in total. The van der Waals surface area contributed by atoms with E-state index in [1.807, 2.05) is 6.08 Å². The molecule has 5 aromatic carbocycles. The van der Waals surface area contributed by atoms with Gasteiger partial charge in [-0.15, -0.1) is 0 Å². The number of anilines is 2. The first-order chi connectivity index (χ1) is 22.6. The average molecular weight is 596 g/mol. The van der Waals surface area contributed by atoms with Crippen molar-refractivity contribution in [1.82, 2.24) is 0 Å². The van der Waals surface area contributed by atoms with E-state index in [1.165, 1.54) is 61.5 Å². The predicted molar refractivity (Wildman–Crippen MR) is 198 cm³/mol. The van der Waals surface area contributed by atoms with Gasteiger partial charge >= 0.3 is 0 Å². The summed E-state index contributed by atoms with van der Waals surface area (Å²) in [5, 5.41) is 0. The van der Waals surface area contributed by atoms with Crippen molar-refractivity contribution >= 4 is 22.5 Å². The van der Waals surface area contributed by atoms with E-state index < -0.39 is 0 Å². The monoisotopic (exact) mass is 595 g/mol. The molecule has 0 fully saturated rings. The van der Waals surface area contributed by atoms with Crippen LogP contribution in [0.1, 0.15) is 54.5 Å². The Labute approximate surface area is 275 Å². The molecule has 0 bridgehead atoms. The number of benzene rings is 5. The van der Waals surface area contributed by atoms with Gasteiger partial charge in [0, 0.05) is 17.8 Å². The van der Waals surface area contributed by atoms with E-state index in [2.05, 4.69) is 183 Å². The normalized spacial score (nSPS) is 14.5. The highest BCUT2D eigenvalue weighted by Gasteiger charge is 2.19. The second kappa shape index (κ2) is 14.6. The second-order valence-corrected chi connectivity index (χ2v) is 11.9. The second-order valence-electron chi connectivity index (χ2n) is 11.9. The smallest absolute Gasteiger partial charge is 0.0640 e. The van der Waals surface area contributed by atoms with Crippen LogP contribution in [0.25, 0.3) is 22.3 Å². The van der Waals surface area contributed by atoms with Gasteiger partial charge in [0.05, 0.1) is 6.04 Å². The highest BCUT2D eigenvalue weighted by molar-refractivity contribution is 5.78. The van der Waals surface area contributed by atoms with Crippen LogP contribution in [-0.4, -0.2) is 6.04 Å². The van der Waals surface area contributed by atoms with E-state index in [4.69, 9.17) is 0 Å². The van der Waals surface area contributed by atoms with Crippen molar-refractivity contribution < 1.29 is 0 Å². The van der Waals surface area contributed by atoms with Gasteiger partial charge in [-0.1, -0.05) is 134 Å². The fraction of sp³-hybridized carbons (Fsp3) is 0.156. The Bertz CT molecular complexity index is 1930. The summed E-state index contributed by atoms with van der Waals surface area (Å²) in [5.41, 5.74) is 14.0. The van der Waals surface area contributed by atoms with Crippen LogP contribution in [0.5, 0.6) is 0 Å². The van der Waals surface area contributed by atoms with Gasteiger partial charge in [-0.05, 0) is 113 Å². The predicted octanol–water partition coefficient (Wildman–Crippen LogP) is 11.6. The molecule has 46 heavy (non-hydrogen) atoms. The lowest BCUT2D eigenvalue weighted by atomic mass is 9.90. The van der Waals surface area contributed by atoms with Crippen LogP contribution < -0.4 is 4.90 Å². The Morgan fingerprint density at radius 1 is 0.739 bits per heavy atom.